The number of nitrogens with zero attached hydrogens (tertiary/aromatic N) is 5. The van der Waals surface area contributed by atoms with Gasteiger partial charge in [0.15, 0.2) is 11.5 Å². The highest BCUT2D eigenvalue weighted by Crippen LogP contribution is 2.18. The molecular weight excluding hydrogens is 298 g/mol. The van der Waals surface area contributed by atoms with Gasteiger partial charge in [-0.05, 0) is 31.2 Å². The van der Waals surface area contributed by atoms with Crippen molar-refractivity contribution in [2.45, 2.75) is 6.92 Å². The molecule has 24 heavy (non-hydrogen) atoms. The normalized spacial score (nSPS) is 11.6. The van der Waals surface area contributed by atoms with Gasteiger partial charge in [0.25, 0.3) is 0 Å². The molecule has 0 saturated heterocycles. The predicted octanol–water partition coefficient (Wildman–Crippen LogP) is 3.61. The Morgan fingerprint density at radius 1 is 0.917 bits per heavy atom. The summed E-state index contributed by atoms with van der Waals surface area (Å²) in [6.07, 6.45) is 5.86. The fourth-order valence-electron chi connectivity index (χ4n) is 2.66. The predicted molar refractivity (Wildman–Crippen MR) is 95.3 cm³/mol. The zero-order valence-electron chi connectivity index (χ0n) is 13.6. The van der Waals surface area contributed by atoms with Crippen molar-refractivity contribution in [2.24, 2.45) is 7.05 Å². The number of aryl methyl sites for hydroxylation is 2. The third-order valence-corrected chi connectivity index (χ3v) is 3.93. The van der Waals surface area contributed by atoms with Crippen molar-refractivity contribution >= 4 is 17.8 Å². The molecule has 3 heterocycles. The number of fused-ring (bicyclic) bond motifs is 1. The van der Waals surface area contributed by atoms with Gasteiger partial charge in [-0.15, -0.1) is 5.10 Å². The van der Waals surface area contributed by atoms with Crippen molar-refractivity contribution in [3.05, 3.63) is 72.1 Å². The molecule has 0 aliphatic carbocycles. The van der Waals surface area contributed by atoms with Crippen LogP contribution in [0, 0.1) is 6.92 Å². The number of imidazole rings is 1. The highest BCUT2D eigenvalue weighted by molar-refractivity contribution is 5.67. The lowest BCUT2D eigenvalue weighted by Crippen LogP contribution is -1.92. The smallest absolute Gasteiger partial charge is 0.175 e. The van der Waals surface area contributed by atoms with Crippen LogP contribution >= 0.6 is 0 Å². The van der Waals surface area contributed by atoms with E-state index in [1.165, 1.54) is 0 Å². The SMILES string of the molecule is Cc1cccc2nc(/C=C/c3nc(-c4ccccc4)cn3C)nn12. The first-order chi connectivity index (χ1) is 11.7. The van der Waals surface area contributed by atoms with Gasteiger partial charge in [-0.1, -0.05) is 36.4 Å². The van der Waals surface area contributed by atoms with E-state index in [0.717, 1.165) is 28.4 Å². The number of aromatic nitrogens is 5. The van der Waals surface area contributed by atoms with Crippen LogP contribution in [0.25, 0.3) is 29.1 Å². The summed E-state index contributed by atoms with van der Waals surface area (Å²) in [4.78, 5) is 9.19. The topological polar surface area (TPSA) is 48.0 Å². The molecule has 0 saturated carbocycles. The number of benzene rings is 1. The molecule has 0 aliphatic rings. The molecule has 1 aromatic carbocycles. The Bertz CT molecular complexity index is 1020. The van der Waals surface area contributed by atoms with Crippen LogP contribution in [0.1, 0.15) is 17.3 Å². The van der Waals surface area contributed by atoms with E-state index in [9.17, 15) is 0 Å². The van der Waals surface area contributed by atoms with Gasteiger partial charge >= 0.3 is 0 Å². The largest absolute Gasteiger partial charge is 0.334 e. The summed E-state index contributed by atoms with van der Waals surface area (Å²) in [5.41, 5.74) is 3.97. The van der Waals surface area contributed by atoms with E-state index in [0.29, 0.717) is 5.82 Å². The summed E-state index contributed by atoms with van der Waals surface area (Å²) in [6.45, 7) is 2.01. The molecule has 0 spiro atoms. The number of hydrogen-bond acceptors (Lipinski definition) is 3. The summed E-state index contributed by atoms with van der Waals surface area (Å²) in [5.74, 6) is 1.54. The van der Waals surface area contributed by atoms with Gasteiger partial charge < -0.3 is 4.57 Å². The van der Waals surface area contributed by atoms with Gasteiger partial charge in [-0.25, -0.2) is 14.5 Å². The maximum atomic E-state index is 4.68. The van der Waals surface area contributed by atoms with Crippen molar-refractivity contribution in [1.29, 1.82) is 0 Å². The molecule has 0 fully saturated rings. The van der Waals surface area contributed by atoms with E-state index in [2.05, 4.69) is 27.2 Å². The second kappa shape index (κ2) is 5.77. The third kappa shape index (κ3) is 2.60. The zero-order valence-corrected chi connectivity index (χ0v) is 13.6. The van der Waals surface area contributed by atoms with Crippen LogP contribution in [0.2, 0.25) is 0 Å². The van der Waals surface area contributed by atoms with Crippen molar-refractivity contribution in [3.63, 3.8) is 0 Å². The average Bonchev–Trinajstić information content (AvgIpc) is 3.18. The van der Waals surface area contributed by atoms with E-state index >= 15 is 0 Å². The molecule has 4 rings (SSSR count). The van der Waals surface area contributed by atoms with Crippen molar-refractivity contribution in [2.75, 3.05) is 0 Å². The lowest BCUT2D eigenvalue weighted by molar-refractivity contribution is 0.896. The molecule has 5 heteroatoms. The Labute approximate surface area is 139 Å². The fourth-order valence-corrected chi connectivity index (χ4v) is 2.66. The van der Waals surface area contributed by atoms with Crippen molar-refractivity contribution in [3.8, 4) is 11.3 Å². The molecule has 0 bridgehead atoms. The molecule has 0 aliphatic heterocycles. The Balaban J connectivity index is 1.66. The lowest BCUT2D eigenvalue weighted by Gasteiger charge is -1.93. The van der Waals surface area contributed by atoms with Crippen LogP contribution in [0.5, 0.6) is 0 Å². The second-order valence-corrected chi connectivity index (χ2v) is 5.70. The van der Waals surface area contributed by atoms with Gasteiger partial charge in [-0.2, -0.15) is 0 Å². The molecule has 0 N–H and O–H groups in total. The lowest BCUT2D eigenvalue weighted by atomic mass is 10.2. The van der Waals surface area contributed by atoms with Crippen LogP contribution in [0.3, 0.4) is 0 Å². The van der Waals surface area contributed by atoms with Gasteiger partial charge in [0.2, 0.25) is 0 Å². The molecule has 5 nitrogen and oxygen atoms in total. The Morgan fingerprint density at radius 3 is 2.54 bits per heavy atom. The molecule has 3 aromatic heterocycles. The highest BCUT2D eigenvalue weighted by atomic mass is 15.3. The second-order valence-electron chi connectivity index (χ2n) is 5.70. The molecular formula is C19H17N5. The molecule has 0 radical (unpaired) electrons. The highest BCUT2D eigenvalue weighted by Gasteiger charge is 2.06. The van der Waals surface area contributed by atoms with Gasteiger partial charge in [0, 0.05) is 24.5 Å². The van der Waals surface area contributed by atoms with Crippen LogP contribution in [-0.4, -0.2) is 24.1 Å². The van der Waals surface area contributed by atoms with E-state index in [-0.39, 0.29) is 0 Å². The summed E-state index contributed by atoms with van der Waals surface area (Å²) in [5, 5.41) is 4.50. The summed E-state index contributed by atoms with van der Waals surface area (Å²) in [6, 6.07) is 16.1. The molecule has 0 unspecified atom stereocenters. The first-order valence-electron chi connectivity index (χ1n) is 7.80. The standard InChI is InChI=1S/C19H17N5/c1-14-7-6-10-19-21-17(22-24(14)19)11-12-18-20-16(13-23(18)2)15-8-4-3-5-9-15/h3-13H,1-2H3/b12-11+. The van der Waals surface area contributed by atoms with E-state index < -0.39 is 0 Å². The minimum Gasteiger partial charge on any atom is -0.334 e. The number of rotatable bonds is 3. The maximum absolute atomic E-state index is 4.68. The van der Waals surface area contributed by atoms with Crippen molar-refractivity contribution < 1.29 is 0 Å². The van der Waals surface area contributed by atoms with Crippen LogP contribution in [-0.2, 0) is 7.05 Å². The number of hydrogen-bond donors (Lipinski definition) is 0. The molecule has 0 atom stereocenters. The Kier molecular flexibility index (Phi) is 3.46. The first-order valence-corrected chi connectivity index (χ1v) is 7.80. The van der Waals surface area contributed by atoms with Crippen LogP contribution < -0.4 is 0 Å². The van der Waals surface area contributed by atoms with Crippen LogP contribution in [0.15, 0.2) is 54.7 Å². The zero-order chi connectivity index (χ0) is 16.5. The molecule has 0 amide bonds. The van der Waals surface area contributed by atoms with E-state index in [1.54, 1.807) is 0 Å². The molecule has 118 valence electrons. The summed E-state index contributed by atoms with van der Waals surface area (Å²) < 4.78 is 3.84. The molecule has 4 aromatic rings. The summed E-state index contributed by atoms with van der Waals surface area (Å²) in [7, 11) is 1.99. The summed E-state index contributed by atoms with van der Waals surface area (Å²) >= 11 is 0. The van der Waals surface area contributed by atoms with Gasteiger partial charge in [0.1, 0.15) is 5.82 Å². The van der Waals surface area contributed by atoms with E-state index in [4.69, 9.17) is 0 Å². The minimum atomic E-state index is 0.675. The van der Waals surface area contributed by atoms with Gasteiger partial charge in [-0.3, -0.25) is 0 Å². The number of pyridine rings is 1. The van der Waals surface area contributed by atoms with Crippen molar-refractivity contribution in [1.82, 2.24) is 24.1 Å². The maximum Gasteiger partial charge on any atom is 0.175 e. The average molecular weight is 315 g/mol. The Morgan fingerprint density at radius 2 is 1.75 bits per heavy atom. The monoisotopic (exact) mass is 315 g/mol. The minimum absolute atomic E-state index is 0.675. The van der Waals surface area contributed by atoms with E-state index in [1.807, 2.05) is 77.8 Å². The third-order valence-electron chi connectivity index (χ3n) is 3.93. The fraction of sp³-hybridized carbons (Fsp3) is 0.105. The van der Waals surface area contributed by atoms with Crippen LogP contribution in [0.4, 0.5) is 0 Å². The Hall–Kier alpha value is -3.21. The first kappa shape index (κ1) is 14.4. The van der Waals surface area contributed by atoms with Gasteiger partial charge in [0.05, 0.1) is 5.69 Å². The quantitative estimate of drug-likeness (QED) is 0.580.